The quantitative estimate of drug-likeness (QED) is 0.760. The highest BCUT2D eigenvalue weighted by atomic mass is 32.2. The molecule has 0 spiro atoms. The highest BCUT2D eigenvalue weighted by Gasteiger charge is 2.40. The number of ether oxygens (including phenoxy) is 1. The van der Waals surface area contributed by atoms with Gasteiger partial charge in [-0.1, -0.05) is 6.07 Å². The van der Waals surface area contributed by atoms with Crippen LogP contribution in [0.4, 0.5) is 4.79 Å². The summed E-state index contributed by atoms with van der Waals surface area (Å²) in [4.78, 5) is 12.7. The van der Waals surface area contributed by atoms with E-state index in [1.807, 2.05) is 13.8 Å². The first-order chi connectivity index (χ1) is 11.1. The Kier molecular flexibility index (Phi) is 5.39. The SMILES string of the molecule is CC1(C)C[C@H](CCCOc2cccc(S(N)(=O)=O)c2)CN1C(=O)O. The van der Waals surface area contributed by atoms with Crippen LogP contribution >= 0.6 is 0 Å². The number of likely N-dealkylation sites (tertiary alicyclic amines) is 1. The van der Waals surface area contributed by atoms with Gasteiger partial charge in [0.25, 0.3) is 0 Å². The minimum absolute atomic E-state index is 0.0228. The average molecular weight is 356 g/mol. The minimum atomic E-state index is -3.74. The fourth-order valence-corrected chi connectivity index (χ4v) is 3.77. The number of carboxylic acid groups (broad SMARTS) is 1. The number of primary sulfonamides is 1. The number of hydrogen-bond acceptors (Lipinski definition) is 4. The first kappa shape index (κ1) is 18.5. The van der Waals surface area contributed by atoms with Gasteiger partial charge in [0.1, 0.15) is 5.75 Å². The fourth-order valence-electron chi connectivity index (χ4n) is 3.22. The van der Waals surface area contributed by atoms with E-state index in [-0.39, 0.29) is 10.4 Å². The Hall–Kier alpha value is -1.80. The van der Waals surface area contributed by atoms with Gasteiger partial charge in [0.05, 0.1) is 11.5 Å². The maximum Gasteiger partial charge on any atom is 0.407 e. The molecule has 134 valence electrons. The summed E-state index contributed by atoms with van der Waals surface area (Å²) in [7, 11) is -3.74. The van der Waals surface area contributed by atoms with Crippen LogP contribution in [0, 0.1) is 5.92 Å². The molecule has 1 aromatic rings. The van der Waals surface area contributed by atoms with E-state index in [0.29, 0.717) is 24.8 Å². The third kappa shape index (κ3) is 4.61. The van der Waals surface area contributed by atoms with E-state index in [9.17, 15) is 18.3 Å². The molecule has 24 heavy (non-hydrogen) atoms. The minimum Gasteiger partial charge on any atom is -0.494 e. The summed E-state index contributed by atoms with van der Waals surface area (Å²) in [5.41, 5.74) is -0.332. The molecule has 1 fully saturated rings. The summed E-state index contributed by atoms with van der Waals surface area (Å²) in [6, 6.07) is 6.09. The van der Waals surface area contributed by atoms with Crippen molar-refractivity contribution in [3.05, 3.63) is 24.3 Å². The van der Waals surface area contributed by atoms with E-state index in [2.05, 4.69) is 0 Å². The van der Waals surface area contributed by atoms with E-state index in [0.717, 1.165) is 19.3 Å². The highest BCUT2D eigenvalue weighted by molar-refractivity contribution is 7.89. The molecule has 3 N–H and O–H groups in total. The second kappa shape index (κ2) is 6.98. The molecule has 0 bridgehead atoms. The van der Waals surface area contributed by atoms with Crippen LogP contribution in [0.1, 0.15) is 33.1 Å². The van der Waals surface area contributed by atoms with Crippen LogP contribution in [0.5, 0.6) is 5.75 Å². The normalized spacial score (nSPS) is 20.1. The summed E-state index contributed by atoms with van der Waals surface area (Å²) in [6.07, 6.45) is 1.59. The Morgan fingerprint density at radius 2 is 2.17 bits per heavy atom. The predicted octanol–water partition coefficient (Wildman–Crippen LogP) is 2.27. The van der Waals surface area contributed by atoms with Crippen molar-refractivity contribution in [2.45, 2.75) is 43.5 Å². The smallest absolute Gasteiger partial charge is 0.407 e. The number of hydrogen-bond donors (Lipinski definition) is 2. The molecule has 1 aromatic carbocycles. The second-order valence-electron chi connectivity index (χ2n) is 6.79. The molecule has 0 saturated carbocycles. The van der Waals surface area contributed by atoms with E-state index in [4.69, 9.17) is 9.88 Å². The lowest BCUT2D eigenvalue weighted by atomic mass is 9.93. The molecule has 1 heterocycles. The van der Waals surface area contributed by atoms with Crippen LogP contribution < -0.4 is 9.88 Å². The number of carbonyl (C=O) groups is 1. The Balaban J connectivity index is 1.81. The monoisotopic (exact) mass is 356 g/mol. The van der Waals surface area contributed by atoms with Crippen molar-refractivity contribution < 1.29 is 23.1 Å². The van der Waals surface area contributed by atoms with Crippen molar-refractivity contribution in [3.8, 4) is 5.75 Å². The van der Waals surface area contributed by atoms with Gasteiger partial charge in [0.15, 0.2) is 0 Å². The Labute approximate surface area is 142 Å². The van der Waals surface area contributed by atoms with Crippen molar-refractivity contribution in [1.82, 2.24) is 4.90 Å². The van der Waals surface area contributed by atoms with Crippen LogP contribution in [0.3, 0.4) is 0 Å². The Morgan fingerprint density at radius 1 is 1.46 bits per heavy atom. The Morgan fingerprint density at radius 3 is 2.75 bits per heavy atom. The van der Waals surface area contributed by atoms with Crippen LogP contribution in [-0.4, -0.2) is 43.2 Å². The average Bonchev–Trinajstić information content (AvgIpc) is 2.78. The maximum atomic E-state index is 11.3. The zero-order valence-corrected chi connectivity index (χ0v) is 14.8. The molecular formula is C16H24N2O5S. The van der Waals surface area contributed by atoms with Crippen LogP contribution in [0.25, 0.3) is 0 Å². The molecular weight excluding hydrogens is 332 g/mol. The summed E-state index contributed by atoms with van der Waals surface area (Å²) in [6.45, 7) is 4.87. The van der Waals surface area contributed by atoms with Crippen molar-refractivity contribution in [3.63, 3.8) is 0 Å². The van der Waals surface area contributed by atoms with Gasteiger partial charge in [-0.3, -0.25) is 0 Å². The third-order valence-electron chi connectivity index (χ3n) is 4.35. The van der Waals surface area contributed by atoms with Gasteiger partial charge in [0.2, 0.25) is 10.0 Å². The van der Waals surface area contributed by atoms with Crippen molar-refractivity contribution >= 4 is 16.1 Å². The Bertz CT molecular complexity index is 702. The predicted molar refractivity (Wildman–Crippen MR) is 89.5 cm³/mol. The number of nitrogens with zero attached hydrogens (tertiary/aromatic N) is 1. The largest absolute Gasteiger partial charge is 0.494 e. The van der Waals surface area contributed by atoms with Crippen LogP contribution in [0.2, 0.25) is 0 Å². The summed E-state index contributed by atoms with van der Waals surface area (Å²) in [5.74, 6) is 0.774. The van der Waals surface area contributed by atoms with E-state index >= 15 is 0 Å². The summed E-state index contributed by atoms with van der Waals surface area (Å²) < 4.78 is 28.2. The number of sulfonamides is 1. The van der Waals surface area contributed by atoms with Crippen molar-refractivity contribution in [2.24, 2.45) is 11.1 Å². The van der Waals surface area contributed by atoms with Crippen molar-refractivity contribution in [1.29, 1.82) is 0 Å². The molecule has 0 aliphatic carbocycles. The lowest BCUT2D eigenvalue weighted by Crippen LogP contribution is -2.41. The van der Waals surface area contributed by atoms with Gasteiger partial charge in [-0.15, -0.1) is 0 Å². The molecule has 2 rings (SSSR count). The first-order valence-corrected chi connectivity index (χ1v) is 9.40. The maximum absolute atomic E-state index is 11.3. The number of rotatable bonds is 6. The van der Waals surface area contributed by atoms with Gasteiger partial charge < -0.3 is 14.7 Å². The van der Waals surface area contributed by atoms with E-state index in [1.54, 1.807) is 12.1 Å². The topological polar surface area (TPSA) is 110 Å². The van der Waals surface area contributed by atoms with E-state index < -0.39 is 16.1 Å². The summed E-state index contributed by atoms with van der Waals surface area (Å²) in [5, 5.41) is 14.3. The lowest BCUT2D eigenvalue weighted by molar-refractivity contribution is 0.117. The standard InChI is InChI=1S/C16H24N2O5S/c1-16(2)10-12(11-18(16)15(19)20)5-4-8-23-13-6-3-7-14(9-13)24(17,21)22/h3,6-7,9,12H,4-5,8,10-11H2,1-2H3,(H,19,20)(H2,17,21,22)/t12-/m0/s1. The molecule has 7 nitrogen and oxygen atoms in total. The number of nitrogens with two attached hydrogens (primary N) is 1. The molecule has 0 radical (unpaired) electrons. The highest BCUT2D eigenvalue weighted by Crippen LogP contribution is 2.34. The molecule has 1 aliphatic heterocycles. The van der Waals surface area contributed by atoms with Crippen LogP contribution in [0.15, 0.2) is 29.2 Å². The number of benzene rings is 1. The van der Waals surface area contributed by atoms with Gasteiger partial charge in [-0.2, -0.15) is 0 Å². The molecule has 8 heteroatoms. The van der Waals surface area contributed by atoms with Gasteiger partial charge in [0, 0.05) is 18.2 Å². The van der Waals surface area contributed by atoms with Gasteiger partial charge in [-0.25, -0.2) is 18.4 Å². The molecule has 1 aliphatic rings. The molecule has 1 saturated heterocycles. The third-order valence-corrected chi connectivity index (χ3v) is 5.26. The van der Waals surface area contributed by atoms with Crippen LogP contribution in [-0.2, 0) is 10.0 Å². The van der Waals surface area contributed by atoms with Gasteiger partial charge >= 0.3 is 6.09 Å². The van der Waals surface area contributed by atoms with Crippen molar-refractivity contribution in [2.75, 3.05) is 13.2 Å². The van der Waals surface area contributed by atoms with Gasteiger partial charge in [-0.05, 0) is 51.2 Å². The molecule has 0 aromatic heterocycles. The zero-order valence-electron chi connectivity index (χ0n) is 13.9. The molecule has 1 atom stereocenters. The zero-order chi connectivity index (χ0) is 18.0. The van der Waals surface area contributed by atoms with E-state index in [1.165, 1.54) is 17.0 Å². The second-order valence-corrected chi connectivity index (χ2v) is 8.35. The lowest BCUT2D eigenvalue weighted by Gasteiger charge is -2.28. The summed E-state index contributed by atoms with van der Waals surface area (Å²) >= 11 is 0. The molecule has 0 unspecified atom stereocenters. The molecule has 1 amide bonds. The fraction of sp³-hybridized carbons (Fsp3) is 0.562. The first-order valence-electron chi connectivity index (χ1n) is 7.86. The number of amides is 1.